The molecule has 2 rings (SSSR count). The summed E-state index contributed by atoms with van der Waals surface area (Å²) in [5.74, 6) is -0.731. The van der Waals surface area contributed by atoms with E-state index in [4.69, 9.17) is 0 Å². The molecule has 0 aliphatic rings. The Hall–Kier alpha value is -2.25. The molecule has 0 aromatic heterocycles. The number of benzene rings is 2. The number of carbonyl (C=O) groups excluding carboxylic acids is 1. The highest BCUT2D eigenvalue weighted by molar-refractivity contribution is 7.88. The van der Waals surface area contributed by atoms with Gasteiger partial charge < -0.3 is 5.32 Å². The standard InChI is InChI=1S/C18H21FN2O3S/c1-13(14-6-4-3-5-7-14)20-18(22)12-17(21-25(2,23)24)15-8-10-16(19)11-9-15/h3-11,13,17,21H,12H2,1-2H3,(H,20,22)/t13-,17+/m0/s1. The Bertz CT molecular complexity index is 808. The smallest absolute Gasteiger partial charge is 0.222 e. The first kappa shape index (κ1) is 19.1. The van der Waals surface area contributed by atoms with E-state index in [0.717, 1.165) is 11.8 Å². The van der Waals surface area contributed by atoms with Gasteiger partial charge in [0, 0.05) is 6.42 Å². The van der Waals surface area contributed by atoms with Gasteiger partial charge >= 0.3 is 0 Å². The Morgan fingerprint density at radius 2 is 1.64 bits per heavy atom. The second-order valence-corrected chi connectivity index (χ2v) is 7.68. The van der Waals surface area contributed by atoms with Gasteiger partial charge in [0.15, 0.2) is 0 Å². The van der Waals surface area contributed by atoms with Crippen LogP contribution >= 0.6 is 0 Å². The molecule has 2 aromatic rings. The number of amides is 1. The lowest BCUT2D eigenvalue weighted by atomic mass is 10.0. The summed E-state index contributed by atoms with van der Waals surface area (Å²) in [6.45, 7) is 1.85. The Labute approximate surface area is 147 Å². The summed E-state index contributed by atoms with van der Waals surface area (Å²) in [6, 6.07) is 13.9. The van der Waals surface area contributed by atoms with Crippen molar-refractivity contribution in [2.45, 2.75) is 25.4 Å². The average molecular weight is 364 g/mol. The third kappa shape index (κ3) is 6.28. The summed E-state index contributed by atoms with van der Waals surface area (Å²) in [5, 5.41) is 2.85. The second kappa shape index (κ2) is 8.22. The molecule has 0 spiro atoms. The molecule has 2 N–H and O–H groups in total. The quantitative estimate of drug-likeness (QED) is 0.793. The van der Waals surface area contributed by atoms with Crippen molar-refractivity contribution in [3.63, 3.8) is 0 Å². The normalized spacial score (nSPS) is 13.9. The molecular formula is C18H21FN2O3S. The highest BCUT2D eigenvalue weighted by Crippen LogP contribution is 2.19. The molecule has 2 aromatic carbocycles. The van der Waals surface area contributed by atoms with Crippen LogP contribution in [0.15, 0.2) is 54.6 Å². The highest BCUT2D eigenvalue weighted by atomic mass is 32.2. The van der Waals surface area contributed by atoms with Crippen molar-refractivity contribution in [1.29, 1.82) is 0 Å². The fourth-order valence-electron chi connectivity index (χ4n) is 2.49. The van der Waals surface area contributed by atoms with Crippen LogP contribution in [-0.4, -0.2) is 20.6 Å². The molecule has 0 saturated heterocycles. The van der Waals surface area contributed by atoms with Gasteiger partial charge in [-0.05, 0) is 30.2 Å². The Kier molecular flexibility index (Phi) is 6.27. The van der Waals surface area contributed by atoms with Gasteiger partial charge in [-0.3, -0.25) is 4.79 Å². The van der Waals surface area contributed by atoms with Gasteiger partial charge in [0.2, 0.25) is 15.9 Å². The molecule has 5 nitrogen and oxygen atoms in total. The van der Waals surface area contributed by atoms with Crippen molar-refractivity contribution >= 4 is 15.9 Å². The number of sulfonamides is 1. The van der Waals surface area contributed by atoms with E-state index in [1.54, 1.807) is 0 Å². The zero-order valence-electron chi connectivity index (χ0n) is 14.1. The van der Waals surface area contributed by atoms with E-state index in [2.05, 4.69) is 10.0 Å². The van der Waals surface area contributed by atoms with Gasteiger partial charge in [0.25, 0.3) is 0 Å². The van der Waals surface area contributed by atoms with Gasteiger partial charge in [-0.25, -0.2) is 17.5 Å². The molecule has 0 bridgehead atoms. The predicted octanol–water partition coefficient (Wildman–Crippen LogP) is 2.68. The van der Waals surface area contributed by atoms with Crippen LogP contribution in [-0.2, 0) is 14.8 Å². The van der Waals surface area contributed by atoms with Crippen LogP contribution in [0.3, 0.4) is 0 Å². The van der Waals surface area contributed by atoms with E-state index < -0.39 is 21.9 Å². The summed E-state index contributed by atoms with van der Waals surface area (Å²) in [6.07, 6.45) is 0.934. The van der Waals surface area contributed by atoms with Crippen molar-refractivity contribution in [3.05, 3.63) is 71.5 Å². The summed E-state index contributed by atoms with van der Waals surface area (Å²) in [7, 11) is -3.53. The van der Waals surface area contributed by atoms with E-state index >= 15 is 0 Å². The minimum atomic E-state index is -3.53. The minimum Gasteiger partial charge on any atom is -0.350 e. The largest absolute Gasteiger partial charge is 0.350 e. The number of hydrogen-bond acceptors (Lipinski definition) is 3. The summed E-state index contributed by atoms with van der Waals surface area (Å²) < 4.78 is 38.7. The van der Waals surface area contributed by atoms with E-state index in [0.29, 0.717) is 5.56 Å². The third-order valence-corrected chi connectivity index (χ3v) is 4.41. The lowest BCUT2D eigenvalue weighted by molar-refractivity contribution is -0.122. The zero-order chi connectivity index (χ0) is 18.4. The first-order valence-electron chi connectivity index (χ1n) is 7.81. The molecule has 0 aliphatic heterocycles. The van der Waals surface area contributed by atoms with E-state index in [9.17, 15) is 17.6 Å². The molecule has 0 heterocycles. The number of rotatable bonds is 7. The van der Waals surface area contributed by atoms with Crippen molar-refractivity contribution in [1.82, 2.24) is 10.0 Å². The van der Waals surface area contributed by atoms with Gasteiger partial charge in [-0.2, -0.15) is 0 Å². The highest BCUT2D eigenvalue weighted by Gasteiger charge is 2.21. The van der Waals surface area contributed by atoms with E-state index in [1.807, 2.05) is 37.3 Å². The fraction of sp³-hybridized carbons (Fsp3) is 0.278. The predicted molar refractivity (Wildman–Crippen MR) is 94.7 cm³/mol. The topological polar surface area (TPSA) is 75.3 Å². The summed E-state index contributed by atoms with van der Waals surface area (Å²) >= 11 is 0. The summed E-state index contributed by atoms with van der Waals surface area (Å²) in [4.78, 5) is 12.3. The molecule has 0 fully saturated rings. The molecule has 0 saturated carbocycles. The number of nitrogens with one attached hydrogen (secondary N) is 2. The molecule has 25 heavy (non-hydrogen) atoms. The Balaban J connectivity index is 2.10. The molecule has 7 heteroatoms. The van der Waals surface area contributed by atoms with E-state index in [-0.39, 0.29) is 18.4 Å². The molecule has 0 aliphatic carbocycles. The number of carbonyl (C=O) groups is 1. The molecule has 1 amide bonds. The van der Waals surface area contributed by atoms with Gasteiger partial charge in [0.05, 0.1) is 18.3 Å². The lowest BCUT2D eigenvalue weighted by Crippen LogP contribution is -2.34. The van der Waals surface area contributed by atoms with Gasteiger partial charge in [0.1, 0.15) is 5.82 Å². The third-order valence-electron chi connectivity index (χ3n) is 3.70. The van der Waals surface area contributed by atoms with Crippen LogP contribution in [0, 0.1) is 5.82 Å². The first-order chi connectivity index (χ1) is 11.7. The maximum Gasteiger partial charge on any atom is 0.222 e. The van der Waals surface area contributed by atoms with Crippen LogP contribution in [0.5, 0.6) is 0 Å². The molecule has 0 radical (unpaired) electrons. The van der Waals surface area contributed by atoms with Crippen LogP contribution in [0.25, 0.3) is 0 Å². The van der Waals surface area contributed by atoms with Crippen molar-refractivity contribution < 1.29 is 17.6 Å². The molecule has 2 atom stereocenters. The van der Waals surface area contributed by atoms with Gasteiger partial charge in [-0.15, -0.1) is 0 Å². The monoisotopic (exact) mass is 364 g/mol. The summed E-state index contributed by atoms with van der Waals surface area (Å²) in [5.41, 5.74) is 1.47. The molecule has 0 unspecified atom stereocenters. The van der Waals surface area contributed by atoms with Gasteiger partial charge in [-0.1, -0.05) is 42.5 Å². The maximum absolute atomic E-state index is 13.1. The van der Waals surface area contributed by atoms with Crippen LogP contribution in [0.2, 0.25) is 0 Å². The first-order valence-corrected chi connectivity index (χ1v) is 9.71. The Morgan fingerprint density at radius 1 is 1.04 bits per heavy atom. The fourth-order valence-corrected chi connectivity index (χ4v) is 3.23. The maximum atomic E-state index is 13.1. The zero-order valence-corrected chi connectivity index (χ0v) is 14.9. The van der Waals surface area contributed by atoms with Crippen LogP contribution in [0.1, 0.15) is 36.6 Å². The SMILES string of the molecule is C[C@H](NC(=O)C[C@@H](NS(C)(=O)=O)c1ccc(F)cc1)c1ccccc1. The van der Waals surface area contributed by atoms with Crippen molar-refractivity contribution in [2.75, 3.05) is 6.26 Å². The number of hydrogen-bond donors (Lipinski definition) is 2. The molecular weight excluding hydrogens is 343 g/mol. The van der Waals surface area contributed by atoms with Crippen LogP contribution in [0.4, 0.5) is 4.39 Å². The van der Waals surface area contributed by atoms with Crippen LogP contribution < -0.4 is 10.0 Å². The lowest BCUT2D eigenvalue weighted by Gasteiger charge is -2.20. The van der Waals surface area contributed by atoms with Crippen molar-refractivity contribution in [2.24, 2.45) is 0 Å². The number of halogens is 1. The second-order valence-electron chi connectivity index (χ2n) is 5.90. The minimum absolute atomic E-state index is 0.0874. The Morgan fingerprint density at radius 3 is 2.20 bits per heavy atom. The van der Waals surface area contributed by atoms with Crippen molar-refractivity contribution in [3.8, 4) is 0 Å². The average Bonchev–Trinajstić information content (AvgIpc) is 2.54. The van der Waals surface area contributed by atoms with E-state index in [1.165, 1.54) is 24.3 Å². The molecule has 134 valence electrons.